The van der Waals surface area contributed by atoms with Crippen LogP contribution >= 0.6 is 11.8 Å². The summed E-state index contributed by atoms with van der Waals surface area (Å²) in [4.78, 5) is 12.1. The number of thioether (sulfide) groups is 1. The van der Waals surface area contributed by atoms with Crippen molar-refractivity contribution in [3.8, 4) is 5.75 Å². The highest BCUT2D eigenvalue weighted by atomic mass is 32.2. The molecule has 0 bridgehead atoms. The van der Waals surface area contributed by atoms with Gasteiger partial charge in [-0.1, -0.05) is 23.9 Å². The number of aryl methyl sites for hydroxylation is 1. The number of nitrogens with zero attached hydrogens (tertiary/aromatic N) is 3. The van der Waals surface area contributed by atoms with E-state index < -0.39 is 0 Å². The van der Waals surface area contributed by atoms with E-state index in [1.165, 1.54) is 11.8 Å². The summed E-state index contributed by atoms with van der Waals surface area (Å²) in [5, 5.41) is 11.7. The molecule has 0 fully saturated rings. The molecule has 7 heteroatoms. The standard InChI is InChI=1S/C15H20N4O2S/c1-4-19-11(3)17-18-15(19)22-10-14(20)16-12-8-6-7-9-13(12)21-5-2/h6-9H,4-5,10H2,1-3H3,(H,16,20). The zero-order valence-corrected chi connectivity index (χ0v) is 13.8. The Morgan fingerprint density at radius 2 is 2.09 bits per heavy atom. The van der Waals surface area contributed by atoms with Crippen LogP contribution in [-0.2, 0) is 11.3 Å². The number of anilines is 1. The fourth-order valence-corrected chi connectivity index (χ4v) is 2.85. The number of ether oxygens (including phenoxy) is 1. The van der Waals surface area contributed by atoms with Gasteiger partial charge in [0.1, 0.15) is 11.6 Å². The number of benzene rings is 1. The summed E-state index contributed by atoms with van der Waals surface area (Å²) in [5.74, 6) is 1.71. The number of nitrogens with one attached hydrogen (secondary N) is 1. The third-order valence-corrected chi connectivity index (χ3v) is 3.98. The molecule has 0 saturated heterocycles. The molecule has 2 rings (SSSR count). The summed E-state index contributed by atoms with van der Waals surface area (Å²) in [6.45, 7) is 7.18. The van der Waals surface area contributed by atoms with Crippen molar-refractivity contribution in [1.82, 2.24) is 14.8 Å². The molecule has 0 aliphatic heterocycles. The molecule has 0 radical (unpaired) electrons. The zero-order chi connectivity index (χ0) is 15.9. The minimum atomic E-state index is -0.0968. The Bertz CT molecular complexity index is 642. The van der Waals surface area contributed by atoms with Gasteiger partial charge in [-0.3, -0.25) is 4.79 Å². The number of amides is 1. The first-order chi connectivity index (χ1) is 10.7. The van der Waals surface area contributed by atoms with E-state index in [4.69, 9.17) is 4.74 Å². The predicted molar refractivity (Wildman–Crippen MR) is 87.4 cm³/mol. The lowest BCUT2D eigenvalue weighted by Gasteiger charge is -2.11. The van der Waals surface area contributed by atoms with Crippen molar-refractivity contribution in [3.63, 3.8) is 0 Å². The van der Waals surface area contributed by atoms with E-state index in [-0.39, 0.29) is 11.7 Å². The first kappa shape index (κ1) is 16.4. The average molecular weight is 320 g/mol. The number of hydrogen-bond acceptors (Lipinski definition) is 5. The maximum Gasteiger partial charge on any atom is 0.234 e. The zero-order valence-electron chi connectivity index (χ0n) is 13.0. The second kappa shape index (κ2) is 7.84. The molecule has 1 N–H and O–H groups in total. The topological polar surface area (TPSA) is 69.0 Å². The molecule has 118 valence electrons. The minimum absolute atomic E-state index is 0.0968. The van der Waals surface area contributed by atoms with Gasteiger partial charge in [0, 0.05) is 6.54 Å². The Morgan fingerprint density at radius 1 is 1.32 bits per heavy atom. The Morgan fingerprint density at radius 3 is 2.82 bits per heavy atom. The van der Waals surface area contributed by atoms with Gasteiger partial charge < -0.3 is 14.6 Å². The molecule has 1 heterocycles. The summed E-state index contributed by atoms with van der Waals surface area (Å²) < 4.78 is 7.47. The predicted octanol–water partition coefficient (Wildman–Crippen LogP) is 2.74. The van der Waals surface area contributed by atoms with Crippen molar-refractivity contribution >= 4 is 23.4 Å². The van der Waals surface area contributed by atoms with Crippen LogP contribution in [0.3, 0.4) is 0 Å². The van der Waals surface area contributed by atoms with Crippen LogP contribution in [0.2, 0.25) is 0 Å². The molecular formula is C15H20N4O2S. The van der Waals surface area contributed by atoms with E-state index in [9.17, 15) is 4.79 Å². The van der Waals surface area contributed by atoms with Gasteiger partial charge in [-0.25, -0.2) is 0 Å². The maximum absolute atomic E-state index is 12.1. The van der Waals surface area contributed by atoms with Gasteiger partial charge in [0.15, 0.2) is 5.16 Å². The first-order valence-corrected chi connectivity index (χ1v) is 8.18. The Balaban J connectivity index is 1.96. The highest BCUT2D eigenvalue weighted by molar-refractivity contribution is 7.99. The van der Waals surface area contributed by atoms with Crippen LogP contribution < -0.4 is 10.1 Å². The molecule has 6 nitrogen and oxygen atoms in total. The van der Waals surface area contributed by atoms with E-state index in [2.05, 4.69) is 15.5 Å². The monoisotopic (exact) mass is 320 g/mol. The third kappa shape index (κ3) is 4.00. The van der Waals surface area contributed by atoms with Crippen LogP contribution in [-0.4, -0.2) is 33.0 Å². The maximum atomic E-state index is 12.1. The number of para-hydroxylation sites is 2. The van der Waals surface area contributed by atoms with E-state index in [0.717, 1.165) is 17.5 Å². The van der Waals surface area contributed by atoms with Gasteiger partial charge >= 0.3 is 0 Å². The van der Waals surface area contributed by atoms with Crippen molar-refractivity contribution in [2.75, 3.05) is 17.7 Å². The van der Waals surface area contributed by atoms with Gasteiger partial charge in [0.2, 0.25) is 5.91 Å². The molecule has 1 amide bonds. The van der Waals surface area contributed by atoms with Crippen molar-refractivity contribution < 1.29 is 9.53 Å². The van der Waals surface area contributed by atoms with Crippen LogP contribution in [0.15, 0.2) is 29.4 Å². The summed E-state index contributed by atoms with van der Waals surface area (Å²) >= 11 is 1.38. The smallest absolute Gasteiger partial charge is 0.234 e. The van der Waals surface area contributed by atoms with E-state index in [1.54, 1.807) is 0 Å². The molecule has 0 aliphatic rings. The van der Waals surface area contributed by atoms with Crippen LogP contribution in [0, 0.1) is 6.92 Å². The molecular weight excluding hydrogens is 300 g/mol. The van der Waals surface area contributed by atoms with Gasteiger partial charge in [-0.15, -0.1) is 10.2 Å². The molecule has 22 heavy (non-hydrogen) atoms. The van der Waals surface area contributed by atoms with Crippen LogP contribution in [0.5, 0.6) is 5.75 Å². The lowest BCUT2D eigenvalue weighted by molar-refractivity contribution is -0.113. The quantitative estimate of drug-likeness (QED) is 0.794. The summed E-state index contributed by atoms with van der Waals surface area (Å²) in [5.41, 5.74) is 0.683. The Kier molecular flexibility index (Phi) is 5.83. The largest absolute Gasteiger partial charge is 0.492 e. The molecule has 2 aromatic rings. The SMILES string of the molecule is CCOc1ccccc1NC(=O)CSc1nnc(C)n1CC. The van der Waals surface area contributed by atoms with Crippen LogP contribution in [0.1, 0.15) is 19.7 Å². The number of hydrogen-bond donors (Lipinski definition) is 1. The second-order valence-electron chi connectivity index (χ2n) is 4.54. The normalized spacial score (nSPS) is 10.5. The van der Waals surface area contributed by atoms with Crippen molar-refractivity contribution in [2.45, 2.75) is 32.5 Å². The molecule has 0 aliphatic carbocycles. The molecule has 1 aromatic heterocycles. The number of carbonyl (C=O) groups is 1. The lowest BCUT2D eigenvalue weighted by atomic mass is 10.3. The van der Waals surface area contributed by atoms with Crippen LogP contribution in [0.4, 0.5) is 5.69 Å². The molecule has 0 unspecified atom stereocenters. The highest BCUT2D eigenvalue weighted by Gasteiger charge is 2.12. The molecule has 0 atom stereocenters. The molecule has 0 spiro atoms. The van der Waals surface area contributed by atoms with Crippen molar-refractivity contribution in [2.24, 2.45) is 0 Å². The minimum Gasteiger partial charge on any atom is -0.492 e. The summed E-state index contributed by atoms with van der Waals surface area (Å²) in [6, 6.07) is 7.40. The summed E-state index contributed by atoms with van der Waals surface area (Å²) in [7, 11) is 0. The summed E-state index contributed by atoms with van der Waals surface area (Å²) in [6.07, 6.45) is 0. The fraction of sp³-hybridized carbons (Fsp3) is 0.400. The number of rotatable bonds is 7. The molecule has 0 saturated carbocycles. The molecule has 1 aromatic carbocycles. The Labute approximate surface area is 134 Å². The first-order valence-electron chi connectivity index (χ1n) is 7.20. The Hall–Kier alpha value is -2.02. The van der Waals surface area contributed by atoms with Gasteiger partial charge in [0.05, 0.1) is 18.0 Å². The average Bonchev–Trinajstić information content (AvgIpc) is 2.87. The number of carbonyl (C=O) groups excluding carboxylic acids is 1. The third-order valence-electron chi connectivity index (χ3n) is 3.01. The van der Waals surface area contributed by atoms with Gasteiger partial charge in [0.25, 0.3) is 0 Å². The van der Waals surface area contributed by atoms with E-state index in [0.29, 0.717) is 18.0 Å². The lowest BCUT2D eigenvalue weighted by Crippen LogP contribution is -2.15. The fourth-order valence-electron chi connectivity index (χ4n) is 2.00. The second-order valence-corrected chi connectivity index (χ2v) is 5.48. The van der Waals surface area contributed by atoms with Crippen molar-refractivity contribution in [3.05, 3.63) is 30.1 Å². The van der Waals surface area contributed by atoms with Gasteiger partial charge in [-0.2, -0.15) is 0 Å². The highest BCUT2D eigenvalue weighted by Crippen LogP contribution is 2.24. The number of aromatic nitrogens is 3. The van der Waals surface area contributed by atoms with Crippen LogP contribution in [0.25, 0.3) is 0 Å². The van der Waals surface area contributed by atoms with E-state index in [1.807, 2.05) is 49.6 Å². The van der Waals surface area contributed by atoms with E-state index >= 15 is 0 Å². The van der Waals surface area contributed by atoms with Gasteiger partial charge in [-0.05, 0) is 32.9 Å². The van der Waals surface area contributed by atoms with Crippen molar-refractivity contribution in [1.29, 1.82) is 0 Å².